The van der Waals surface area contributed by atoms with Crippen LogP contribution < -0.4 is 16.4 Å². The normalized spacial score (nSPS) is 23.3. The smallest absolute Gasteiger partial charge is 0.254 e. The van der Waals surface area contributed by atoms with Gasteiger partial charge in [0.1, 0.15) is 5.82 Å². The molecule has 1 saturated heterocycles. The van der Waals surface area contributed by atoms with E-state index in [2.05, 4.69) is 20.6 Å². The van der Waals surface area contributed by atoms with Crippen LogP contribution in [-0.2, 0) is 4.79 Å². The number of nitrogens with zero attached hydrogens (tertiary/aromatic N) is 3. The Labute approximate surface area is 165 Å². The van der Waals surface area contributed by atoms with Crippen molar-refractivity contribution in [3.8, 4) is 0 Å². The van der Waals surface area contributed by atoms with Crippen LogP contribution in [0, 0.1) is 0 Å². The summed E-state index contributed by atoms with van der Waals surface area (Å²) in [5, 5.41) is 16.3. The fraction of sp³-hybridized carbons (Fsp3) is 0.684. The van der Waals surface area contributed by atoms with Crippen molar-refractivity contribution < 1.29 is 14.7 Å². The lowest BCUT2D eigenvalue weighted by atomic mass is 9.93. The zero-order valence-electron chi connectivity index (χ0n) is 16.4. The van der Waals surface area contributed by atoms with Crippen molar-refractivity contribution in [3.63, 3.8) is 0 Å². The van der Waals surface area contributed by atoms with Crippen LogP contribution in [0.3, 0.4) is 0 Å². The lowest BCUT2D eigenvalue weighted by Crippen LogP contribution is -2.42. The first-order valence-corrected chi connectivity index (χ1v) is 10.1. The summed E-state index contributed by atoms with van der Waals surface area (Å²) < 4.78 is 0. The van der Waals surface area contributed by atoms with E-state index in [4.69, 9.17) is 5.73 Å². The lowest BCUT2D eigenvalue weighted by Gasteiger charge is -2.32. The van der Waals surface area contributed by atoms with Gasteiger partial charge in [0.2, 0.25) is 11.9 Å². The highest BCUT2D eigenvalue weighted by Gasteiger charge is 2.24. The van der Waals surface area contributed by atoms with Crippen LogP contribution in [0.15, 0.2) is 6.20 Å². The standard InChI is InChI=1S/C19H30N6O3/c1-2-16(27)25-9-7-13(8-10-25)23-19-21-11-15(17(20)28)18(24-19)22-12-3-5-14(26)6-4-12/h11-14,26H,2-10H2,1H3,(H2,20,28)(H2,21,22,23,24). The first kappa shape index (κ1) is 20.3. The average molecular weight is 390 g/mol. The number of nitrogens with one attached hydrogen (secondary N) is 2. The predicted molar refractivity (Wildman–Crippen MR) is 106 cm³/mol. The number of aliphatic hydroxyl groups is 1. The molecular formula is C19H30N6O3. The highest BCUT2D eigenvalue weighted by atomic mass is 16.3. The van der Waals surface area contributed by atoms with Gasteiger partial charge in [-0.05, 0) is 38.5 Å². The topological polar surface area (TPSA) is 133 Å². The molecule has 1 saturated carbocycles. The third-order valence-corrected chi connectivity index (χ3v) is 5.58. The van der Waals surface area contributed by atoms with Gasteiger partial charge in [0.25, 0.3) is 5.91 Å². The van der Waals surface area contributed by atoms with Crippen molar-refractivity contribution in [2.24, 2.45) is 5.73 Å². The summed E-state index contributed by atoms with van der Waals surface area (Å²) in [5.41, 5.74) is 5.74. The van der Waals surface area contributed by atoms with Crippen molar-refractivity contribution in [1.82, 2.24) is 14.9 Å². The maximum Gasteiger partial charge on any atom is 0.254 e. The number of aromatic nitrogens is 2. The minimum Gasteiger partial charge on any atom is -0.393 e. The Morgan fingerprint density at radius 2 is 1.79 bits per heavy atom. The maximum absolute atomic E-state index is 11.8. The zero-order chi connectivity index (χ0) is 20.1. The molecule has 2 aliphatic rings. The molecule has 9 heteroatoms. The fourth-order valence-electron chi connectivity index (χ4n) is 3.83. The number of primary amides is 1. The van der Waals surface area contributed by atoms with Gasteiger partial charge in [-0.3, -0.25) is 9.59 Å². The molecule has 0 aromatic carbocycles. The molecule has 0 bridgehead atoms. The van der Waals surface area contributed by atoms with Crippen molar-refractivity contribution in [2.45, 2.75) is 70.1 Å². The average Bonchev–Trinajstić information content (AvgIpc) is 2.69. The number of hydrogen-bond acceptors (Lipinski definition) is 7. The molecule has 0 radical (unpaired) electrons. The summed E-state index contributed by atoms with van der Waals surface area (Å²) >= 11 is 0. The largest absolute Gasteiger partial charge is 0.393 e. The molecule has 9 nitrogen and oxygen atoms in total. The number of hydrogen-bond donors (Lipinski definition) is 4. The van der Waals surface area contributed by atoms with E-state index in [0.717, 1.165) is 51.6 Å². The maximum atomic E-state index is 11.8. The van der Waals surface area contributed by atoms with E-state index >= 15 is 0 Å². The van der Waals surface area contributed by atoms with Gasteiger partial charge in [-0.1, -0.05) is 6.92 Å². The number of anilines is 2. The Morgan fingerprint density at radius 3 is 2.39 bits per heavy atom. The van der Waals surface area contributed by atoms with Gasteiger partial charge < -0.3 is 26.4 Å². The first-order chi connectivity index (χ1) is 13.5. The van der Waals surface area contributed by atoms with Crippen LogP contribution >= 0.6 is 0 Å². The summed E-state index contributed by atoms with van der Waals surface area (Å²) in [5.74, 6) is 0.495. The number of rotatable bonds is 6. The highest BCUT2D eigenvalue weighted by molar-refractivity contribution is 5.97. The van der Waals surface area contributed by atoms with Gasteiger partial charge in [-0.25, -0.2) is 4.98 Å². The Bertz CT molecular complexity index is 697. The third-order valence-electron chi connectivity index (χ3n) is 5.58. The summed E-state index contributed by atoms with van der Waals surface area (Å²) in [4.78, 5) is 34.2. The quantitative estimate of drug-likeness (QED) is 0.571. The summed E-state index contributed by atoms with van der Waals surface area (Å²) in [6, 6.07) is 0.325. The lowest BCUT2D eigenvalue weighted by molar-refractivity contribution is -0.131. The Morgan fingerprint density at radius 1 is 1.14 bits per heavy atom. The number of likely N-dealkylation sites (tertiary alicyclic amines) is 1. The first-order valence-electron chi connectivity index (χ1n) is 10.1. The van der Waals surface area contributed by atoms with Crippen molar-refractivity contribution in [3.05, 3.63) is 11.8 Å². The second kappa shape index (κ2) is 9.18. The van der Waals surface area contributed by atoms with Crippen molar-refractivity contribution in [2.75, 3.05) is 23.7 Å². The molecule has 2 heterocycles. The highest BCUT2D eigenvalue weighted by Crippen LogP contribution is 2.24. The molecule has 1 aliphatic carbocycles. The van der Waals surface area contributed by atoms with Crippen LogP contribution in [0.5, 0.6) is 0 Å². The molecule has 0 atom stereocenters. The summed E-state index contributed by atoms with van der Waals surface area (Å²) in [6.45, 7) is 3.32. The minimum absolute atomic E-state index is 0.146. The Balaban J connectivity index is 1.64. The Kier molecular flexibility index (Phi) is 6.66. The molecular weight excluding hydrogens is 360 g/mol. The second-order valence-corrected chi connectivity index (χ2v) is 7.62. The number of carbonyl (C=O) groups is 2. The van der Waals surface area contributed by atoms with E-state index in [-0.39, 0.29) is 29.7 Å². The molecule has 154 valence electrons. The number of aliphatic hydroxyl groups excluding tert-OH is 1. The van der Waals surface area contributed by atoms with Crippen LogP contribution in [0.25, 0.3) is 0 Å². The van der Waals surface area contributed by atoms with Crippen LogP contribution in [0.2, 0.25) is 0 Å². The van der Waals surface area contributed by atoms with Gasteiger partial charge >= 0.3 is 0 Å². The van der Waals surface area contributed by atoms with E-state index < -0.39 is 5.91 Å². The van der Waals surface area contributed by atoms with Crippen LogP contribution in [0.1, 0.15) is 62.2 Å². The van der Waals surface area contributed by atoms with Crippen LogP contribution in [-0.4, -0.2) is 63.1 Å². The molecule has 2 amide bonds. The van der Waals surface area contributed by atoms with E-state index in [1.165, 1.54) is 6.20 Å². The van der Waals surface area contributed by atoms with E-state index in [9.17, 15) is 14.7 Å². The number of carbonyl (C=O) groups excluding carboxylic acids is 2. The Hall–Kier alpha value is -2.42. The van der Waals surface area contributed by atoms with Gasteiger partial charge in [-0.15, -0.1) is 0 Å². The molecule has 0 spiro atoms. The minimum atomic E-state index is -0.573. The number of amides is 2. The molecule has 0 unspecified atom stereocenters. The molecule has 1 aliphatic heterocycles. The molecule has 2 fully saturated rings. The molecule has 28 heavy (non-hydrogen) atoms. The van der Waals surface area contributed by atoms with Gasteiger partial charge in [0.15, 0.2) is 0 Å². The third kappa shape index (κ3) is 5.09. The number of piperidine rings is 1. The molecule has 1 aromatic heterocycles. The van der Waals surface area contributed by atoms with E-state index in [1.54, 1.807) is 0 Å². The van der Waals surface area contributed by atoms with Crippen molar-refractivity contribution >= 4 is 23.6 Å². The molecule has 3 rings (SSSR count). The fourth-order valence-corrected chi connectivity index (χ4v) is 3.83. The SMILES string of the molecule is CCC(=O)N1CCC(Nc2ncc(C(N)=O)c(NC3CCC(O)CC3)n2)CC1. The van der Waals surface area contributed by atoms with Crippen molar-refractivity contribution in [1.29, 1.82) is 0 Å². The second-order valence-electron chi connectivity index (χ2n) is 7.62. The van der Waals surface area contributed by atoms with E-state index in [1.807, 2.05) is 11.8 Å². The van der Waals surface area contributed by atoms with Gasteiger partial charge in [0, 0.05) is 37.8 Å². The number of nitrogens with two attached hydrogens (primary N) is 1. The predicted octanol–water partition coefficient (Wildman–Crippen LogP) is 1.10. The monoisotopic (exact) mass is 390 g/mol. The molecule has 1 aromatic rings. The van der Waals surface area contributed by atoms with E-state index in [0.29, 0.717) is 18.2 Å². The summed E-state index contributed by atoms with van der Waals surface area (Å²) in [7, 11) is 0. The summed E-state index contributed by atoms with van der Waals surface area (Å²) in [6.07, 6.45) is 6.49. The van der Waals surface area contributed by atoms with Crippen LogP contribution in [0.4, 0.5) is 11.8 Å². The zero-order valence-corrected chi connectivity index (χ0v) is 16.4. The van der Waals surface area contributed by atoms with Gasteiger partial charge in [-0.2, -0.15) is 4.98 Å². The van der Waals surface area contributed by atoms with Gasteiger partial charge in [0.05, 0.1) is 11.7 Å². The molecule has 5 N–H and O–H groups in total.